The van der Waals surface area contributed by atoms with Gasteiger partial charge in [-0.15, -0.1) is 0 Å². The Morgan fingerprint density at radius 2 is 2.24 bits per heavy atom. The summed E-state index contributed by atoms with van der Waals surface area (Å²) in [5, 5.41) is 13.1. The first-order chi connectivity index (χ1) is 10.0. The minimum absolute atomic E-state index is 0.104. The van der Waals surface area contributed by atoms with E-state index < -0.39 is 0 Å². The fourth-order valence-electron chi connectivity index (χ4n) is 2.84. The fraction of sp³-hybridized carbons (Fsp3) is 0.562. The second kappa shape index (κ2) is 5.73. The number of aliphatic hydroxyl groups is 1. The van der Waals surface area contributed by atoms with Crippen LogP contribution < -0.4 is 5.32 Å². The molecule has 0 radical (unpaired) electrons. The number of halogens is 1. The molecule has 2 N–H and O–H groups in total. The summed E-state index contributed by atoms with van der Waals surface area (Å²) in [4.78, 5) is 4.34. The molecule has 4 nitrogen and oxygen atoms in total. The summed E-state index contributed by atoms with van der Waals surface area (Å²) in [6.45, 7) is 4.46. The van der Waals surface area contributed by atoms with Crippen LogP contribution in [0.4, 0.5) is 4.39 Å². The third-order valence-corrected chi connectivity index (χ3v) is 4.06. The molecule has 1 aromatic carbocycles. The molecule has 1 saturated carbocycles. The lowest BCUT2D eigenvalue weighted by Gasteiger charge is -2.16. The zero-order chi connectivity index (χ0) is 15.0. The number of oxazole rings is 1. The van der Waals surface area contributed by atoms with Gasteiger partial charge in [0.1, 0.15) is 5.52 Å². The Balaban J connectivity index is 1.79. The number of fused-ring (bicyclic) bond motifs is 1. The molecule has 1 aromatic heterocycles. The zero-order valence-corrected chi connectivity index (χ0v) is 12.4. The lowest BCUT2D eigenvalue weighted by Crippen LogP contribution is -2.35. The lowest BCUT2D eigenvalue weighted by molar-refractivity contribution is 0.148. The van der Waals surface area contributed by atoms with Gasteiger partial charge in [0.05, 0.1) is 6.10 Å². The largest absolute Gasteiger partial charge is 0.437 e. The van der Waals surface area contributed by atoms with Crippen molar-refractivity contribution in [2.45, 2.75) is 57.7 Å². The van der Waals surface area contributed by atoms with E-state index in [-0.39, 0.29) is 29.5 Å². The summed E-state index contributed by atoms with van der Waals surface area (Å²) < 4.78 is 19.6. The van der Waals surface area contributed by atoms with Crippen molar-refractivity contribution in [2.24, 2.45) is 0 Å². The molecule has 1 aliphatic rings. The predicted molar refractivity (Wildman–Crippen MR) is 78.5 cm³/mol. The Morgan fingerprint density at radius 1 is 1.43 bits per heavy atom. The first-order valence-electron chi connectivity index (χ1n) is 7.55. The lowest BCUT2D eigenvalue weighted by atomic mass is 10.1. The van der Waals surface area contributed by atoms with Crippen molar-refractivity contribution in [3.63, 3.8) is 0 Å². The summed E-state index contributed by atoms with van der Waals surface area (Å²) in [5.41, 5.74) is 1.61. The van der Waals surface area contributed by atoms with Crippen molar-refractivity contribution in [2.75, 3.05) is 0 Å². The van der Waals surface area contributed by atoms with Crippen LogP contribution in [0.3, 0.4) is 0 Å². The first kappa shape index (κ1) is 14.5. The number of nitrogens with one attached hydrogen (secondary N) is 1. The summed E-state index contributed by atoms with van der Waals surface area (Å²) in [7, 11) is 0. The Kier molecular flexibility index (Phi) is 3.95. The van der Waals surface area contributed by atoms with Gasteiger partial charge >= 0.3 is 0 Å². The summed E-state index contributed by atoms with van der Waals surface area (Å²) in [6.07, 6.45) is 2.55. The Hall–Kier alpha value is -1.46. The standard InChI is InChI=1S/C16H21FN2O2/c1-9(2)16-19-13-7-10(6-11(17)15(13)21-16)8-18-12-4-3-5-14(12)20/h6-7,9,12,14,18,20H,3-5,8H2,1-2H3/t12-,14+/m0/s1. The molecule has 114 valence electrons. The minimum Gasteiger partial charge on any atom is -0.437 e. The second-order valence-corrected chi connectivity index (χ2v) is 6.12. The van der Waals surface area contributed by atoms with Crippen molar-refractivity contribution in [3.8, 4) is 0 Å². The van der Waals surface area contributed by atoms with Crippen molar-refractivity contribution in [1.29, 1.82) is 0 Å². The van der Waals surface area contributed by atoms with Crippen molar-refractivity contribution >= 4 is 11.1 Å². The SMILES string of the molecule is CC(C)c1nc2cc(CN[C@H]3CCC[C@H]3O)cc(F)c2o1. The Bertz CT molecular complexity index is 638. The van der Waals surface area contributed by atoms with E-state index in [0.717, 1.165) is 24.8 Å². The highest BCUT2D eigenvalue weighted by molar-refractivity contribution is 5.74. The van der Waals surface area contributed by atoms with Crippen LogP contribution in [-0.4, -0.2) is 22.2 Å². The number of rotatable bonds is 4. The van der Waals surface area contributed by atoms with Crippen LogP contribution in [0.1, 0.15) is 50.5 Å². The second-order valence-electron chi connectivity index (χ2n) is 6.12. The molecule has 0 aliphatic heterocycles. The molecule has 0 amide bonds. The van der Waals surface area contributed by atoms with Gasteiger partial charge in [-0.2, -0.15) is 0 Å². The van der Waals surface area contributed by atoms with Crippen LogP contribution >= 0.6 is 0 Å². The van der Waals surface area contributed by atoms with Crippen molar-refractivity contribution in [1.82, 2.24) is 10.3 Å². The highest BCUT2D eigenvalue weighted by Gasteiger charge is 2.24. The average Bonchev–Trinajstić information content (AvgIpc) is 3.03. The van der Waals surface area contributed by atoms with Gasteiger partial charge in [-0.3, -0.25) is 0 Å². The maximum absolute atomic E-state index is 14.1. The van der Waals surface area contributed by atoms with E-state index >= 15 is 0 Å². The van der Waals surface area contributed by atoms with E-state index in [1.165, 1.54) is 6.07 Å². The van der Waals surface area contributed by atoms with Gasteiger partial charge in [0.2, 0.25) is 0 Å². The van der Waals surface area contributed by atoms with Crippen LogP contribution in [0, 0.1) is 5.82 Å². The quantitative estimate of drug-likeness (QED) is 0.909. The van der Waals surface area contributed by atoms with E-state index in [1.54, 1.807) is 0 Å². The van der Waals surface area contributed by atoms with E-state index in [4.69, 9.17) is 4.42 Å². The Labute approximate surface area is 123 Å². The van der Waals surface area contributed by atoms with Crippen LogP contribution in [0.5, 0.6) is 0 Å². The molecular formula is C16H21FN2O2. The number of benzene rings is 1. The molecular weight excluding hydrogens is 271 g/mol. The van der Waals surface area contributed by atoms with Crippen molar-refractivity contribution in [3.05, 3.63) is 29.4 Å². The first-order valence-corrected chi connectivity index (χ1v) is 7.55. The molecule has 0 saturated heterocycles. The number of hydrogen-bond donors (Lipinski definition) is 2. The van der Waals surface area contributed by atoms with Crippen LogP contribution in [0.25, 0.3) is 11.1 Å². The van der Waals surface area contributed by atoms with E-state index in [2.05, 4.69) is 10.3 Å². The third kappa shape index (κ3) is 2.94. The molecule has 1 heterocycles. The summed E-state index contributed by atoms with van der Waals surface area (Å²) >= 11 is 0. The van der Waals surface area contributed by atoms with Gasteiger partial charge in [0.25, 0.3) is 0 Å². The highest BCUT2D eigenvalue weighted by Crippen LogP contribution is 2.25. The normalized spacial score (nSPS) is 22.5. The number of aromatic nitrogens is 1. The van der Waals surface area contributed by atoms with Crippen molar-refractivity contribution < 1.29 is 13.9 Å². The molecule has 1 aliphatic carbocycles. The van der Waals surface area contributed by atoms with Gasteiger partial charge in [-0.1, -0.05) is 13.8 Å². The summed E-state index contributed by atoms with van der Waals surface area (Å²) in [6, 6.07) is 3.43. The molecule has 0 spiro atoms. The minimum atomic E-state index is -0.379. The molecule has 1 fully saturated rings. The molecule has 2 atom stereocenters. The molecule has 2 aromatic rings. The predicted octanol–water partition coefficient (Wildman–Crippen LogP) is 3.09. The van der Waals surface area contributed by atoms with Crippen LogP contribution in [0.15, 0.2) is 16.5 Å². The smallest absolute Gasteiger partial charge is 0.198 e. The van der Waals surface area contributed by atoms with E-state index in [0.29, 0.717) is 18.0 Å². The van der Waals surface area contributed by atoms with Gasteiger partial charge in [0, 0.05) is 18.5 Å². The summed E-state index contributed by atoms with van der Waals surface area (Å²) in [5.74, 6) is 0.308. The molecule has 21 heavy (non-hydrogen) atoms. The number of nitrogens with zero attached hydrogens (tertiary/aromatic N) is 1. The maximum Gasteiger partial charge on any atom is 0.198 e. The Morgan fingerprint density at radius 3 is 2.90 bits per heavy atom. The molecule has 0 unspecified atom stereocenters. The highest BCUT2D eigenvalue weighted by atomic mass is 19.1. The molecule has 3 rings (SSSR count). The van der Waals surface area contributed by atoms with Crippen LogP contribution in [-0.2, 0) is 6.54 Å². The van der Waals surface area contributed by atoms with E-state index in [1.807, 2.05) is 19.9 Å². The van der Waals surface area contributed by atoms with Gasteiger partial charge < -0.3 is 14.8 Å². The number of aliphatic hydroxyl groups excluding tert-OH is 1. The van der Waals surface area contributed by atoms with Gasteiger partial charge in [0.15, 0.2) is 17.3 Å². The van der Waals surface area contributed by atoms with Gasteiger partial charge in [-0.25, -0.2) is 9.37 Å². The fourth-order valence-corrected chi connectivity index (χ4v) is 2.84. The number of hydrogen-bond acceptors (Lipinski definition) is 4. The van der Waals surface area contributed by atoms with Crippen LogP contribution in [0.2, 0.25) is 0 Å². The molecule has 0 bridgehead atoms. The monoisotopic (exact) mass is 292 g/mol. The third-order valence-electron chi connectivity index (χ3n) is 4.06. The molecule has 5 heteroatoms. The topological polar surface area (TPSA) is 58.3 Å². The maximum atomic E-state index is 14.1. The van der Waals surface area contributed by atoms with E-state index in [9.17, 15) is 9.50 Å². The average molecular weight is 292 g/mol. The van der Waals surface area contributed by atoms with Gasteiger partial charge in [-0.05, 0) is 37.0 Å². The zero-order valence-electron chi connectivity index (χ0n) is 12.4.